The van der Waals surface area contributed by atoms with E-state index in [9.17, 15) is 8.42 Å². The predicted molar refractivity (Wildman–Crippen MR) is 142 cm³/mol. The Morgan fingerprint density at radius 3 is 2.46 bits per heavy atom. The van der Waals surface area contributed by atoms with Crippen LogP contribution in [0.3, 0.4) is 0 Å². The average Bonchev–Trinajstić information content (AvgIpc) is 3.24. The summed E-state index contributed by atoms with van der Waals surface area (Å²) in [7, 11) is -3.61. The van der Waals surface area contributed by atoms with Crippen LogP contribution in [0.1, 0.15) is 46.5 Å². The maximum Gasteiger partial charge on any atom is 0.243 e. The van der Waals surface area contributed by atoms with E-state index in [4.69, 9.17) is 9.73 Å². The molecule has 0 radical (unpaired) electrons. The molecule has 188 valence electrons. The standard InChI is InChI=1S/C27H35N3O3S2/c1-4-5-6-10-16-30-26(20-34-27(30)28-24-13-8-7-9-14-24)23-12-11-15-25(17-23)35(31,32)29-18-21(2)33-22(3)19-29/h7-9,11-15,17,20-22H,4-6,10,16,18-19H2,1-3H3. The first-order valence-corrected chi connectivity index (χ1v) is 14.7. The molecular formula is C27H35N3O3S2. The van der Waals surface area contributed by atoms with E-state index in [-0.39, 0.29) is 12.2 Å². The Morgan fingerprint density at radius 2 is 1.74 bits per heavy atom. The molecule has 0 amide bonds. The van der Waals surface area contributed by atoms with E-state index < -0.39 is 10.0 Å². The Morgan fingerprint density at radius 1 is 1.00 bits per heavy atom. The quantitative estimate of drug-likeness (QED) is 0.338. The number of morpholine rings is 1. The number of unbranched alkanes of at least 4 members (excludes halogenated alkanes) is 3. The van der Waals surface area contributed by atoms with Crippen molar-refractivity contribution >= 4 is 27.0 Å². The number of rotatable bonds is 9. The van der Waals surface area contributed by atoms with Crippen LogP contribution in [0, 0.1) is 0 Å². The minimum Gasteiger partial charge on any atom is -0.373 e. The highest BCUT2D eigenvalue weighted by atomic mass is 32.2. The van der Waals surface area contributed by atoms with Crippen LogP contribution in [-0.4, -0.2) is 42.6 Å². The lowest BCUT2D eigenvalue weighted by molar-refractivity contribution is -0.0440. The molecule has 0 saturated carbocycles. The van der Waals surface area contributed by atoms with E-state index in [1.54, 1.807) is 27.8 Å². The van der Waals surface area contributed by atoms with Crippen molar-refractivity contribution in [2.24, 2.45) is 4.99 Å². The van der Waals surface area contributed by atoms with Crippen molar-refractivity contribution in [3.05, 3.63) is 64.8 Å². The van der Waals surface area contributed by atoms with Gasteiger partial charge in [0.15, 0.2) is 4.80 Å². The van der Waals surface area contributed by atoms with Gasteiger partial charge in [-0.2, -0.15) is 4.31 Å². The number of sulfonamides is 1. The first kappa shape index (κ1) is 25.8. The highest BCUT2D eigenvalue weighted by Crippen LogP contribution is 2.27. The van der Waals surface area contributed by atoms with Crippen LogP contribution in [0.25, 0.3) is 11.3 Å². The fourth-order valence-corrected chi connectivity index (χ4v) is 7.06. The summed E-state index contributed by atoms with van der Waals surface area (Å²) in [4.78, 5) is 6.13. The smallest absolute Gasteiger partial charge is 0.243 e. The fraction of sp³-hybridized carbons (Fsp3) is 0.444. The number of ether oxygens (including phenoxy) is 1. The molecule has 1 fully saturated rings. The summed E-state index contributed by atoms with van der Waals surface area (Å²) in [5.74, 6) is 0. The zero-order valence-electron chi connectivity index (χ0n) is 20.8. The van der Waals surface area contributed by atoms with Gasteiger partial charge in [0.1, 0.15) is 0 Å². The van der Waals surface area contributed by atoms with E-state index >= 15 is 0 Å². The number of benzene rings is 2. The Kier molecular flexibility index (Phi) is 8.59. The summed E-state index contributed by atoms with van der Waals surface area (Å²) in [6.45, 7) is 7.62. The third-order valence-corrected chi connectivity index (χ3v) is 8.86. The van der Waals surface area contributed by atoms with Crippen molar-refractivity contribution in [1.29, 1.82) is 0 Å². The summed E-state index contributed by atoms with van der Waals surface area (Å²) < 4.78 is 36.5. The van der Waals surface area contributed by atoms with Gasteiger partial charge < -0.3 is 9.30 Å². The zero-order chi connectivity index (χ0) is 24.8. The first-order valence-electron chi connectivity index (χ1n) is 12.4. The van der Waals surface area contributed by atoms with Crippen LogP contribution < -0.4 is 4.80 Å². The van der Waals surface area contributed by atoms with E-state index in [2.05, 4.69) is 16.9 Å². The maximum absolute atomic E-state index is 13.5. The summed E-state index contributed by atoms with van der Waals surface area (Å²) in [6.07, 6.45) is 4.35. The second-order valence-corrected chi connectivity index (χ2v) is 11.9. The first-order chi connectivity index (χ1) is 16.9. The average molecular weight is 514 g/mol. The van der Waals surface area contributed by atoms with Crippen molar-refractivity contribution < 1.29 is 13.2 Å². The second-order valence-electron chi connectivity index (χ2n) is 9.17. The minimum atomic E-state index is -3.61. The van der Waals surface area contributed by atoms with Gasteiger partial charge in [0, 0.05) is 30.6 Å². The van der Waals surface area contributed by atoms with Crippen LogP contribution in [0.15, 0.2) is 69.9 Å². The molecule has 1 aliphatic rings. The van der Waals surface area contributed by atoms with Crippen molar-refractivity contribution in [2.45, 2.75) is 70.1 Å². The second kappa shape index (κ2) is 11.6. The Labute approximate surface area is 213 Å². The maximum atomic E-state index is 13.5. The van der Waals surface area contributed by atoms with E-state index in [1.165, 1.54) is 12.8 Å². The Balaban J connectivity index is 1.70. The molecule has 8 heteroatoms. The molecule has 2 heterocycles. The molecule has 0 N–H and O–H groups in total. The van der Waals surface area contributed by atoms with Crippen LogP contribution in [0.4, 0.5) is 5.69 Å². The van der Waals surface area contributed by atoms with Gasteiger partial charge in [-0.05, 0) is 44.5 Å². The van der Waals surface area contributed by atoms with Gasteiger partial charge in [-0.1, -0.05) is 56.5 Å². The minimum absolute atomic E-state index is 0.124. The topological polar surface area (TPSA) is 63.9 Å². The van der Waals surface area contributed by atoms with E-state index in [0.29, 0.717) is 18.0 Å². The predicted octanol–water partition coefficient (Wildman–Crippen LogP) is 5.83. The van der Waals surface area contributed by atoms with Gasteiger partial charge in [-0.25, -0.2) is 13.4 Å². The molecule has 0 bridgehead atoms. The van der Waals surface area contributed by atoms with Crippen molar-refractivity contribution in [2.75, 3.05) is 13.1 Å². The highest BCUT2D eigenvalue weighted by Gasteiger charge is 2.32. The zero-order valence-corrected chi connectivity index (χ0v) is 22.4. The number of hydrogen-bond acceptors (Lipinski definition) is 5. The molecule has 2 aromatic carbocycles. The van der Waals surface area contributed by atoms with Gasteiger partial charge in [0.25, 0.3) is 0 Å². The molecule has 0 spiro atoms. The van der Waals surface area contributed by atoms with Gasteiger partial charge in [-0.15, -0.1) is 11.3 Å². The van der Waals surface area contributed by atoms with Gasteiger partial charge in [-0.3, -0.25) is 0 Å². The summed E-state index contributed by atoms with van der Waals surface area (Å²) >= 11 is 1.59. The van der Waals surface area contributed by atoms with Crippen molar-refractivity contribution in [3.63, 3.8) is 0 Å². The third kappa shape index (κ3) is 6.30. The highest BCUT2D eigenvalue weighted by molar-refractivity contribution is 7.89. The summed E-state index contributed by atoms with van der Waals surface area (Å²) in [5.41, 5.74) is 2.80. The molecule has 0 aliphatic carbocycles. The molecule has 2 atom stereocenters. The molecule has 35 heavy (non-hydrogen) atoms. The van der Waals surface area contributed by atoms with Gasteiger partial charge >= 0.3 is 0 Å². The van der Waals surface area contributed by atoms with Crippen LogP contribution in [0.5, 0.6) is 0 Å². The summed E-state index contributed by atoms with van der Waals surface area (Å²) in [6, 6.07) is 17.3. The number of hydrogen-bond donors (Lipinski definition) is 0. The molecule has 4 rings (SSSR count). The number of para-hydroxylation sites is 1. The fourth-order valence-electron chi connectivity index (χ4n) is 4.47. The van der Waals surface area contributed by atoms with E-state index in [1.807, 2.05) is 56.3 Å². The lowest BCUT2D eigenvalue weighted by Gasteiger charge is -2.34. The number of nitrogens with zero attached hydrogens (tertiary/aromatic N) is 3. The lowest BCUT2D eigenvalue weighted by atomic mass is 10.1. The largest absolute Gasteiger partial charge is 0.373 e. The number of thiazole rings is 1. The molecule has 2 unspecified atom stereocenters. The van der Waals surface area contributed by atoms with Crippen molar-refractivity contribution in [3.8, 4) is 11.3 Å². The van der Waals surface area contributed by atoms with Crippen molar-refractivity contribution in [1.82, 2.24) is 8.87 Å². The molecule has 6 nitrogen and oxygen atoms in total. The van der Waals surface area contributed by atoms with Crippen LogP contribution in [0.2, 0.25) is 0 Å². The Hall–Kier alpha value is -2.26. The monoisotopic (exact) mass is 513 g/mol. The van der Waals surface area contributed by atoms with Gasteiger partial charge in [0.05, 0.1) is 28.5 Å². The normalized spacial score (nSPS) is 19.8. The SMILES string of the molecule is CCCCCCn1c(-c2cccc(S(=O)(=O)N3CC(C)OC(C)C3)c2)csc1=Nc1ccccc1. The lowest BCUT2D eigenvalue weighted by Crippen LogP contribution is -2.48. The van der Waals surface area contributed by atoms with Crippen LogP contribution in [-0.2, 0) is 21.3 Å². The molecule has 1 saturated heterocycles. The number of aromatic nitrogens is 1. The molecule has 1 aliphatic heterocycles. The van der Waals surface area contributed by atoms with Crippen LogP contribution >= 0.6 is 11.3 Å². The molecular weight excluding hydrogens is 478 g/mol. The molecule has 1 aromatic heterocycles. The third-order valence-electron chi connectivity index (χ3n) is 6.17. The summed E-state index contributed by atoms with van der Waals surface area (Å²) in [5, 5.41) is 2.09. The van der Waals surface area contributed by atoms with E-state index in [0.717, 1.165) is 41.1 Å². The molecule has 3 aromatic rings. The Bertz CT molecular complexity index is 1270. The van der Waals surface area contributed by atoms with Gasteiger partial charge in [0.2, 0.25) is 10.0 Å².